The number of nitrogens with zero attached hydrogens (tertiary/aromatic N) is 2. The average Bonchev–Trinajstić information content (AvgIpc) is 2.52. The van der Waals surface area contributed by atoms with Gasteiger partial charge in [0.25, 0.3) is 0 Å². The summed E-state index contributed by atoms with van der Waals surface area (Å²) >= 11 is 0. The second-order valence-corrected chi connectivity index (χ2v) is 5.30. The van der Waals surface area contributed by atoms with E-state index < -0.39 is 0 Å². The van der Waals surface area contributed by atoms with Gasteiger partial charge in [-0.2, -0.15) is 5.10 Å². The van der Waals surface area contributed by atoms with E-state index in [9.17, 15) is 0 Å². The van der Waals surface area contributed by atoms with Crippen molar-refractivity contribution < 1.29 is 4.74 Å². The Hall–Kier alpha value is -0.870. The Morgan fingerprint density at radius 1 is 1.35 bits per heavy atom. The van der Waals surface area contributed by atoms with Crippen molar-refractivity contribution in [2.45, 2.75) is 45.7 Å². The molecule has 1 aromatic heterocycles. The van der Waals surface area contributed by atoms with Gasteiger partial charge in [-0.05, 0) is 33.6 Å². The SMILES string of the molecule is Cc1nn(C)c(C)c1CNC1(C)CCOCC1. The van der Waals surface area contributed by atoms with Gasteiger partial charge in [0.15, 0.2) is 0 Å². The minimum Gasteiger partial charge on any atom is -0.381 e. The molecule has 0 amide bonds. The number of nitrogens with one attached hydrogen (secondary N) is 1. The van der Waals surface area contributed by atoms with E-state index in [1.807, 2.05) is 11.7 Å². The van der Waals surface area contributed by atoms with Crippen LogP contribution >= 0.6 is 0 Å². The number of aromatic nitrogens is 2. The summed E-state index contributed by atoms with van der Waals surface area (Å²) < 4.78 is 7.37. The predicted octanol–water partition coefficient (Wildman–Crippen LogP) is 1.70. The number of ether oxygens (including phenoxy) is 1. The molecule has 1 aliphatic heterocycles. The van der Waals surface area contributed by atoms with Crippen LogP contribution in [0, 0.1) is 13.8 Å². The molecule has 1 aliphatic rings. The van der Waals surface area contributed by atoms with Crippen molar-refractivity contribution >= 4 is 0 Å². The monoisotopic (exact) mass is 237 g/mol. The van der Waals surface area contributed by atoms with Gasteiger partial charge in [-0.1, -0.05) is 0 Å². The maximum absolute atomic E-state index is 5.41. The molecular formula is C13H23N3O. The van der Waals surface area contributed by atoms with Gasteiger partial charge in [0.05, 0.1) is 5.69 Å². The lowest BCUT2D eigenvalue weighted by molar-refractivity contribution is 0.0446. The van der Waals surface area contributed by atoms with E-state index in [1.54, 1.807) is 0 Å². The highest BCUT2D eigenvalue weighted by atomic mass is 16.5. The summed E-state index contributed by atoms with van der Waals surface area (Å²) in [5.41, 5.74) is 3.94. The standard InChI is InChI=1S/C13H23N3O/c1-10-12(11(2)16(4)15-10)9-14-13(3)5-7-17-8-6-13/h14H,5-9H2,1-4H3. The first-order valence-corrected chi connectivity index (χ1v) is 6.34. The molecule has 2 heterocycles. The summed E-state index contributed by atoms with van der Waals surface area (Å²) in [4.78, 5) is 0. The molecule has 4 heteroatoms. The van der Waals surface area contributed by atoms with Gasteiger partial charge < -0.3 is 10.1 Å². The molecule has 0 bridgehead atoms. The lowest BCUT2D eigenvalue weighted by Crippen LogP contribution is -2.46. The van der Waals surface area contributed by atoms with Gasteiger partial charge in [0, 0.05) is 43.6 Å². The minimum absolute atomic E-state index is 0.215. The molecule has 96 valence electrons. The minimum atomic E-state index is 0.215. The first-order valence-electron chi connectivity index (χ1n) is 6.34. The summed E-state index contributed by atoms with van der Waals surface area (Å²) in [6.45, 7) is 9.14. The van der Waals surface area contributed by atoms with Crippen molar-refractivity contribution in [3.63, 3.8) is 0 Å². The number of hydrogen-bond acceptors (Lipinski definition) is 3. The van der Waals surface area contributed by atoms with Crippen molar-refractivity contribution in [2.24, 2.45) is 7.05 Å². The summed E-state index contributed by atoms with van der Waals surface area (Å²) in [5, 5.41) is 8.12. The maximum Gasteiger partial charge on any atom is 0.0641 e. The predicted molar refractivity (Wildman–Crippen MR) is 68.0 cm³/mol. The summed E-state index contributed by atoms with van der Waals surface area (Å²) in [7, 11) is 2.00. The molecule has 0 spiro atoms. The number of aryl methyl sites for hydroxylation is 2. The van der Waals surface area contributed by atoms with Crippen LogP contribution in [-0.4, -0.2) is 28.5 Å². The third kappa shape index (κ3) is 2.69. The Labute approximate surface area is 103 Å². The molecule has 0 unspecified atom stereocenters. The first-order chi connectivity index (χ1) is 8.02. The maximum atomic E-state index is 5.41. The van der Waals surface area contributed by atoms with E-state index in [0.717, 1.165) is 38.3 Å². The fraction of sp³-hybridized carbons (Fsp3) is 0.769. The van der Waals surface area contributed by atoms with Gasteiger partial charge in [-0.15, -0.1) is 0 Å². The van der Waals surface area contributed by atoms with E-state index in [1.165, 1.54) is 11.3 Å². The van der Waals surface area contributed by atoms with E-state index in [4.69, 9.17) is 4.74 Å². The van der Waals surface area contributed by atoms with Crippen LogP contribution in [0.3, 0.4) is 0 Å². The third-order valence-electron chi connectivity index (χ3n) is 3.95. The lowest BCUT2D eigenvalue weighted by Gasteiger charge is -2.34. The molecule has 1 fully saturated rings. The van der Waals surface area contributed by atoms with Gasteiger partial charge in [0.1, 0.15) is 0 Å². The largest absolute Gasteiger partial charge is 0.381 e. The number of rotatable bonds is 3. The Morgan fingerprint density at radius 3 is 2.53 bits per heavy atom. The van der Waals surface area contributed by atoms with Crippen LogP contribution in [0.15, 0.2) is 0 Å². The molecule has 0 aliphatic carbocycles. The van der Waals surface area contributed by atoms with Crippen LogP contribution in [0.4, 0.5) is 0 Å². The van der Waals surface area contributed by atoms with Crippen LogP contribution in [0.5, 0.6) is 0 Å². The van der Waals surface area contributed by atoms with Crippen LogP contribution in [0.25, 0.3) is 0 Å². The Bertz CT molecular complexity index is 392. The van der Waals surface area contributed by atoms with Gasteiger partial charge >= 0.3 is 0 Å². The highest BCUT2D eigenvalue weighted by Gasteiger charge is 2.27. The molecule has 1 aromatic rings. The summed E-state index contributed by atoms with van der Waals surface area (Å²) in [6.07, 6.45) is 2.18. The Kier molecular flexibility index (Phi) is 3.54. The van der Waals surface area contributed by atoms with E-state index >= 15 is 0 Å². The Balaban J connectivity index is 2.01. The topological polar surface area (TPSA) is 39.1 Å². The molecule has 1 saturated heterocycles. The van der Waals surface area contributed by atoms with Crippen molar-refractivity contribution in [1.82, 2.24) is 15.1 Å². The van der Waals surface area contributed by atoms with Crippen molar-refractivity contribution in [1.29, 1.82) is 0 Å². The zero-order valence-corrected chi connectivity index (χ0v) is 11.3. The molecule has 0 radical (unpaired) electrons. The second-order valence-electron chi connectivity index (χ2n) is 5.30. The molecule has 0 atom stereocenters. The quantitative estimate of drug-likeness (QED) is 0.869. The molecule has 0 aromatic carbocycles. The molecule has 2 rings (SSSR count). The molecule has 0 saturated carbocycles. The van der Waals surface area contributed by atoms with Crippen molar-refractivity contribution in [3.8, 4) is 0 Å². The van der Waals surface area contributed by atoms with Crippen LogP contribution < -0.4 is 5.32 Å². The fourth-order valence-corrected chi connectivity index (χ4v) is 2.37. The highest BCUT2D eigenvalue weighted by Crippen LogP contribution is 2.21. The van der Waals surface area contributed by atoms with Gasteiger partial charge in [-0.25, -0.2) is 0 Å². The summed E-state index contributed by atoms with van der Waals surface area (Å²) in [5.74, 6) is 0. The van der Waals surface area contributed by atoms with E-state index in [2.05, 4.69) is 31.2 Å². The molecule has 17 heavy (non-hydrogen) atoms. The van der Waals surface area contributed by atoms with Crippen molar-refractivity contribution in [2.75, 3.05) is 13.2 Å². The molecular weight excluding hydrogens is 214 g/mol. The van der Waals surface area contributed by atoms with Crippen LogP contribution in [0.2, 0.25) is 0 Å². The van der Waals surface area contributed by atoms with Gasteiger partial charge in [0.2, 0.25) is 0 Å². The smallest absolute Gasteiger partial charge is 0.0641 e. The molecule has 1 N–H and O–H groups in total. The second kappa shape index (κ2) is 4.78. The van der Waals surface area contributed by atoms with Crippen LogP contribution in [0.1, 0.15) is 36.7 Å². The molecule has 4 nitrogen and oxygen atoms in total. The zero-order valence-electron chi connectivity index (χ0n) is 11.3. The average molecular weight is 237 g/mol. The summed E-state index contributed by atoms with van der Waals surface area (Å²) in [6, 6.07) is 0. The van der Waals surface area contributed by atoms with E-state index in [0.29, 0.717) is 0 Å². The fourth-order valence-electron chi connectivity index (χ4n) is 2.37. The van der Waals surface area contributed by atoms with Crippen molar-refractivity contribution in [3.05, 3.63) is 17.0 Å². The van der Waals surface area contributed by atoms with E-state index in [-0.39, 0.29) is 5.54 Å². The first kappa shape index (κ1) is 12.6. The Morgan fingerprint density at radius 2 is 2.00 bits per heavy atom. The van der Waals surface area contributed by atoms with Gasteiger partial charge in [-0.3, -0.25) is 4.68 Å². The number of hydrogen-bond donors (Lipinski definition) is 1. The lowest BCUT2D eigenvalue weighted by atomic mass is 9.92. The third-order valence-corrected chi connectivity index (χ3v) is 3.95. The normalized spacial score (nSPS) is 19.5. The zero-order chi connectivity index (χ0) is 12.5. The van der Waals surface area contributed by atoms with Crippen LogP contribution in [-0.2, 0) is 18.3 Å². The highest BCUT2D eigenvalue weighted by molar-refractivity contribution is 5.24.